The highest BCUT2D eigenvalue weighted by Gasteiger charge is 2.38. The molecule has 0 bridgehead atoms. The number of ether oxygens (including phenoxy) is 1. The third kappa shape index (κ3) is 3.16. The molecule has 2 rings (SSSR count). The topological polar surface area (TPSA) is 21.3 Å². The van der Waals surface area contributed by atoms with Crippen molar-refractivity contribution >= 4 is 11.8 Å². The van der Waals surface area contributed by atoms with Crippen molar-refractivity contribution in [1.82, 2.24) is 5.32 Å². The lowest BCUT2D eigenvalue weighted by molar-refractivity contribution is -0.0930. The van der Waals surface area contributed by atoms with Crippen molar-refractivity contribution in [2.45, 2.75) is 43.7 Å². The summed E-state index contributed by atoms with van der Waals surface area (Å²) in [5.74, 6) is 5.20. The lowest BCUT2D eigenvalue weighted by atomic mass is 9.85. The van der Waals surface area contributed by atoms with Gasteiger partial charge in [0.1, 0.15) is 0 Å². The van der Waals surface area contributed by atoms with Gasteiger partial charge in [-0.15, -0.1) is 12.3 Å². The van der Waals surface area contributed by atoms with E-state index in [1.54, 1.807) is 0 Å². The van der Waals surface area contributed by atoms with E-state index in [9.17, 15) is 0 Å². The van der Waals surface area contributed by atoms with Gasteiger partial charge in [-0.3, -0.25) is 0 Å². The maximum atomic E-state index is 6.05. The van der Waals surface area contributed by atoms with Crippen LogP contribution in [0, 0.1) is 12.3 Å². The number of terminal acetylenes is 1. The fourth-order valence-corrected chi connectivity index (χ4v) is 3.88. The minimum Gasteiger partial charge on any atom is -0.375 e. The van der Waals surface area contributed by atoms with E-state index in [4.69, 9.17) is 11.2 Å². The van der Waals surface area contributed by atoms with Crippen LogP contribution in [0.2, 0.25) is 0 Å². The Balaban J connectivity index is 1.81. The zero-order chi connectivity index (χ0) is 11.3. The van der Waals surface area contributed by atoms with E-state index in [0.717, 1.165) is 26.0 Å². The summed E-state index contributed by atoms with van der Waals surface area (Å²) in [7, 11) is 0. The summed E-state index contributed by atoms with van der Waals surface area (Å²) < 4.78 is 6.05. The zero-order valence-corrected chi connectivity index (χ0v) is 10.7. The first-order chi connectivity index (χ1) is 7.85. The number of thioether (sulfide) groups is 1. The van der Waals surface area contributed by atoms with Crippen molar-refractivity contribution in [2.24, 2.45) is 0 Å². The van der Waals surface area contributed by atoms with Crippen LogP contribution in [-0.4, -0.2) is 36.3 Å². The van der Waals surface area contributed by atoms with E-state index in [0.29, 0.717) is 6.04 Å². The van der Waals surface area contributed by atoms with Crippen molar-refractivity contribution in [3.63, 3.8) is 0 Å². The van der Waals surface area contributed by atoms with Crippen molar-refractivity contribution < 1.29 is 4.74 Å². The summed E-state index contributed by atoms with van der Waals surface area (Å²) in [4.78, 5) is 0. The van der Waals surface area contributed by atoms with Gasteiger partial charge in [0.2, 0.25) is 0 Å². The maximum absolute atomic E-state index is 6.05. The Labute approximate surface area is 103 Å². The zero-order valence-electron chi connectivity index (χ0n) is 9.84. The highest BCUT2D eigenvalue weighted by Crippen LogP contribution is 2.37. The molecule has 90 valence electrons. The predicted octanol–water partition coefficient (Wildman–Crippen LogP) is 2.04. The summed E-state index contributed by atoms with van der Waals surface area (Å²) in [5.41, 5.74) is 0.192. The molecule has 1 spiro atoms. The fraction of sp³-hybridized carbons (Fsp3) is 0.846. The summed E-state index contributed by atoms with van der Waals surface area (Å²) in [6, 6.07) is 0.616. The van der Waals surface area contributed by atoms with Crippen molar-refractivity contribution in [1.29, 1.82) is 0 Å². The first-order valence-electron chi connectivity index (χ1n) is 6.23. The Kier molecular flexibility index (Phi) is 4.57. The number of hydrogen-bond acceptors (Lipinski definition) is 3. The Morgan fingerprint density at radius 3 is 3.00 bits per heavy atom. The Morgan fingerprint density at radius 2 is 2.25 bits per heavy atom. The van der Waals surface area contributed by atoms with Crippen LogP contribution in [0.1, 0.15) is 32.1 Å². The molecule has 2 aliphatic heterocycles. The van der Waals surface area contributed by atoms with Gasteiger partial charge in [0.05, 0.1) is 5.60 Å². The van der Waals surface area contributed by atoms with Gasteiger partial charge in [0, 0.05) is 25.6 Å². The second kappa shape index (κ2) is 5.95. The van der Waals surface area contributed by atoms with Crippen LogP contribution in [0.25, 0.3) is 0 Å². The molecule has 0 aromatic heterocycles. The lowest BCUT2D eigenvalue weighted by Crippen LogP contribution is -2.49. The first kappa shape index (κ1) is 12.3. The van der Waals surface area contributed by atoms with Crippen molar-refractivity contribution in [2.75, 3.05) is 24.7 Å². The molecule has 0 aromatic rings. The van der Waals surface area contributed by atoms with E-state index in [1.165, 1.54) is 30.8 Å². The van der Waals surface area contributed by atoms with Gasteiger partial charge in [-0.2, -0.15) is 11.8 Å². The number of nitrogens with one attached hydrogen (secondary N) is 1. The highest BCUT2D eigenvalue weighted by molar-refractivity contribution is 7.99. The number of hydrogen-bond donors (Lipinski definition) is 1. The van der Waals surface area contributed by atoms with Gasteiger partial charge >= 0.3 is 0 Å². The molecule has 1 N–H and O–H groups in total. The van der Waals surface area contributed by atoms with Gasteiger partial charge < -0.3 is 10.1 Å². The largest absolute Gasteiger partial charge is 0.375 e. The minimum atomic E-state index is 0.192. The van der Waals surface area contributed by atoms with E-state index >= 15 is 0 Å². The monoisotopic (exact) mass is 239 g/mol. The summed E-state index contributed by atoms with van der Waals surface area (Å²) in [5, 5.41) is 3.56. The molecule has 1 atom stereocenters. The van der Waals surface area contributed by atoms with E-state index in [-0.39, 0.29) is 5.60 Å². The average Bonchev–Trinajstić information content (AvgIpc) is 2.31. The van der Waals surface area contributed by atoms with Crippen LogP contribution in [0.4, 0.5) is 0 Å². The van der Waals surface area contributed by atoms with Crippen LogP contribution >= 0.6 is 11.8 Å². The van der Waals surface area contributed by atoms with Crippen molar-refractivity contribution in [3.05, 3.63) is 0 Å². The van der Waals surface area contributed by atoms with Crippen molar-refractivity contribution in [3.8, 4) is 12.3 Å². The SMILES string of the molecule is C#CCCNC1CCOC2(CCSCC2)C1. The average molecular weight is 239 g/mol. The normalized spacial score (nSPS) is 28.8. The Morgan fingerprint density at radius 1 is 1.44 bits per heavy atom. The minimum absolute atomic E-state index is 0.192. The molecule has 16 heavy (non-hydrogen) atoms. The summed E-state index contributed by atoms with van der Waals surface area (Å²) in [6.07, 6.45) is 10.9. The molecule has 2 saturated heterocycles. The molecule has 2 aliphatic rings. The second-order valence-corrected chi connectivity index (χ2v) is 5.97. The van der Waals surface area contributed by atoms with Gasteiger partial charge in [-0.25, -0.2) is 0 Å². The first-order valence-corrected chi connectivity index (χ1v) is 7.39. The standard InChI is InChI=1S/C13H21NOS/c1-2-3-7-14-12-4-8-15-13(11-12)5-9-16-10-6-13/h1,12,14H,3-11H2. The molecule has 3 heteroatoms. The third-order valence-electron chi connectivity index (χ3n) is 3.60. The van der Waals surface area contributed by atoms with E-state index in [1.807, 2.05) is 0 Å². The summed E-state index contributed by atoms with van der Waals surface area (Å²) in [6.45, 7) is 1.87. The fourth-order valence-electron chi connectivity index (χ4n) is 2.64. The quantitative estimate of drug-likeness (QED) is 0.601. The van der Waals surface area contributed by atoms with Gasteiger partial charge in [-0.1, -0.05) is 0 Å². The van der Waals surface area contributed by atoms with Crippen LogP contribution in [-0.2, 0) is 4.74 Å². The molecule has 0 radical (unpaired) electrons. The van der Waals surface area contributed by atoms with Crippen LogP contribution in [0.15, 0.2) is 0 Å². The van der Waals surface area contributed by atoms with Crippen LogP contribution in [0.3, 0.4) is 0 Å². The molecule has 2 nitrogen and oxygen atoms in total. The van der Waals surface area contributed by atoms with E-state index < -0.39 is 0 Å². The van der Waals surface area contributed by atoms with E-state index in [2.05, 4.69) is 23.0 Å². The number of rotatable bonds is 3. The molecule has 2 heterocycles. The molecule has 0 aliphatic carbocycles. The Hall–Kier alpha value is -0.170. The molecular formula is C13H21NOS. The second-order valence-electron chi connectivity index (χ2n) is 4.74. The summed E-state index contributed by atoms with van der Waals surface area (Å²) >= 11 is 2.06. The van der Waals surface area contributed by atoms with Gasteiger partial charge in [0.15, 0.2) is 0 Å². The van der Waals surface area contributed by atoms with Gasteiger partial charge in [0.25, 0.3) is 0 Å². The maximum Gasteiger partial charge on any atom is 0.0713 e. The van der Waals surface area contributed by atoms with Crippen LogP contribution < -0.4 is 5.32 Å². The molecule has 0 saturated carbocycles. The Bertz CT molecular complexity index is 250. The smallest absolute Gasteiger partial charge is 0.0713 e. The molecule has 0 aromatic carbocycles. The molecule has 0 amide bonds. The van der Waals surface area contributed by atoms with Gasteiger partial charge in [-0.05, 0) is 37.2 Å². The molecule has 1 unspecified atom stereocenters. The van der Waals surface area contributed by atoms with Crippen LogP contribution in [0.5, 0.6) is 0 Å². The molecule has 2 fully saturated rings. The predicted molar refractivity (Wildman–Crippen MR) is 69.7 cm³/mol. The third-order valence-corrected chi connectivity index (χ3v) is 4.58. The molecular weight excluding hydrogens is 218 g/mol. The lowest BCUT2D eigenvalue weighted by Gasteiger charge is -2.43. The highest BCUT2D eigenvalue weighted by atomic mass is 32.2.